The van der Waals surface area contributed by atoms with Gasteiger partial charge in [0.15, 0.2) is 4.80 Å². The fourth-order valence-corrected chi connectivity index (χ4v) is 9.53. The summed E-state index contributed by atoms with van der Waals surface area (Å²) in [5.41, 5.74) is 2.68. The molecule has 4 aliphatic carbocycles. The molecule has 0 radical (unpaired) electrons. The smallest absolute Gasteiger partial charge is 0.338 e. The van der Waals surface area contributed by atoms with Gasteiger partial charge in [-0.05, 0) is 117 Å². The molecule has 8 rings (SSSR count). The number of hydrogen-bond donors (Lipinski definition) is 1. The monoisotopic (exact) mass is 599 g/mol. The zero-order valence-corrected chi connectivity index (χ0v) is 24.9. The number of esters is 1. The quantitative estimate of drug-likeness (QED) is 0.245. The third-order valence-electron chi connectivity index (χ3n) is 9.90. The van der Waals surface area contributed by atoms with Gasteiger partial charge in [-0.25, -0.2) is 9.79 Å². The van der Waals surface area contributed by atoms with Gasteiger partial charge >= 0.3 is 5.97 Å². The van der Waals surface area contributed by atoms with Gasteiger partial charge in [-0.1, -0.05) is 17.4 Å². The molecular weight excluding hydrogens is 566 g/mol. The van der Waals surface area contributed by atoms with Crippen molar-refractivity contribution in [2.45, 2.75) is 63.8 Å². The maximum absolute atomic E-state index is 14.0. The number of carbonyl (C=O) groups is 1. The van der Waals surface area contributed by atoms with Crippen molar-refractivity contribution in [2.75, 3.05) is 6.61 Å². The number of aromatic nitrogens is 1. The van der Waals surface area contributed by atoms with E-state index in [0.29, 0.717) is 26.2 Å². The molecule has 1 N–H and O–H groups in total. The summed E-state index contributed by atoms with van der Waals surface area (Å²) in [6, 6.07) is 10.8. The fraction of sp³-hybridized carbons (Fsp3) is 0.424. The van der Waals surface area contributed by atoms with Crippen molar-refractivity contribution in [1.29, 1.82) is 0 Å². The number of nitro benzene ring substituents is 1. The lowest BCUT2D eigenvalue weighted by Crippen LogP contribution is -2.48. The normalized spacial score (nSPS) is 27.6. The van der Waals surface area contributed by atoms with Crippen molar-refractivity contribution in [3.05, 3.63) is 100 Å². The summed E-state index contributed by atoms with van der Waals surface area (Å²) in [6.45, 7) is 3.54. The van der Waals surface area contributed by atoms with Gasteiger partial charge in [0.1, 0.15) is 5.75 Å². The van der Waals surface area contributed by atoms with Gasteiger partial charge in [-0.3, -0.25) is 19.5 Å². The predicted octanol–water partition coefficient (Wildman–Crippen LogP) is 4.88. The van der Waals surface area contributed by atoms with E-state index in [1.165, 1.54) is 72.1 Å². The number of nitro groups is 1. The second-order valence-electron chi connectivity index (χ2n) is 12.6. The molecular formula is C33H33N3O6S. The van der Waals surface area contributed by atoms with Crippen molar-refractivity contribution >= 4 is 29.1 Å². The lowest BCUT2D eigenvalue weighted by atomic mass is 9.48. The van der Waals surface area contributed by atoms with E-state index < -0.39 is 16.9 Å². The number of thiazole rings is 1. The van der Waals surface area contributed by atoms with Gasteiger partial charge in [-0.15, -0.1) is 0 Å². The summed E-state index contributed by atoms with van der Waals surface area (Å²) < 4.78 is 7.17. The van der Waals surface area contributed by atoms with Crippen molar-refractivity contribution in [1.82, 2.24) is 4.57 Å². The summed E-state index contributed by atoms with van der Waals surface area (Å²) in [5.74, 6) is 1.85. The van der Waals surface area contributed by atoms with Crippen LogP contribution < -0.4 is 14.9 Å². The fourth-order valence-electron chi connectivity index (χ4n) is 8.49. The summed E-state index contributed by atoms with van der Waals surface area (Å²) in [6.07, 6.45) is 9.32. The number of rotatable bonds is 6. The Morgan fingerprint density at radius 3 is 2.40 bits per heavy atom. The lowest BCUT2D eigenvalue weighted by Gasteiger charge is -2.57. The molecule has 4 fully saturated rings. The molecule has 2 aromatic carbocycles. The third kappa shape index (κ3) is 4.63. The van der Waals surface area contributed by atoms with E-state index in [2.05, 4.69) is 17.1 Å². The van der Waals surface area contributed by atoms with Crippen LogP contribution in [0.1, 0.15) is 75.1 Å². The number of allylic oxidation sites excluding steroid dienone is 1. The van der Waals surface area contributed by atoms with Crippen LogP contribution in [-0.4, -0.2) is 27.2 Å². The first kappa shape index (κ1) is 27.8. The summed E-state index contributed by atoms with van der Waals surface area (Å²) in [4.78, 5) is 43.0. The molecule has 1 atom stereocenters. The van der Waals surface area contributed by atoms with Crippen LogP contribution in [0.2, 0.25) is 0 Å². The predicted molar refractivity (Wildman–Crippen MR) is 161 cm³/mol. The first-order chi connectivity index (χ1) is 20.7. The Morgan fingerprint density at radius 1 is 1.14 bits per heavy atom. The van der Waals surface area contributed by atoms with E-state index in [1.54, 1.807) is 38.1 Å². The van der Waals surface area contributed by atoms with Gasteiger partial charge in [0, 0.05) is 17.7 Å². The van der Waals surface area contributed by atoms with Gasteiger partial charge in [0.2, 0.25) is 0 Å². The number of nitrogens with zero attached hydrogens (tertiary/aromatic N) is 3. The Morgan fingerprint density at radius 2 is 1.79 bits per heavy atom. The first-order valence-corrected chi connectivity index (χ1v) is 15.7. The van der Waals surface area contributed by atoms with E-state index in [4.69, 9.17) is 4.74 Å². The highest BCUT2D eigenvalue weighted by atomic mass is 32.1. The number of aromatic hydroxyl groups is 1. The zero-order valence-electron chi connectivity index (χ0n) is 24.1. The molecule has 1 aromatic heterocycles. The second kappa shape index (κ2) is 10.3. The molecule has 43 heavy (non-hydrogen) atoms. The first-order valence-electron chi connectivity index (χ1n) is 14.9. The standard InChI is InChI=1S/C33H33N3O6S/c1-3-42-31(39)28-18(2)34-32-35(29(28)22-4-7-25(8-5-22)36(40)41)30(38)27(43-32)14-23-13-24(6-9-26(23)37)33-15-19-10-20(16-33)12-21(11-19)17-33/h4-9,13-14,19-21,29,37H,3,10-12,15-17H2,1-2H3/b27-14+/t19?,20?,21?,29-,33?/m1/s1. The van der Waals surface area contributed by atoms with E-state index in [0.717, 1.165) is 17.8 Å². The Hall–Kier alpha value is -4.05. The Balaban J connectivity index is 1.34. The molecule has 9 nitrogen and oxygen atoms in total. The molecule has 3 aromatic rings. The number of phenolic OH excluding ortho intramolecular Hbond substituents is 1. The van der Waals surface area contributed by atoms with Crippen LogP contribution in [-0.2, 0) is 14.9 Å². The van der Waals surface area contributed by atoms with Gasteiger partial charge in [0.25, 0.3) is 11.2 Å². The van der Waals surface area contributed by atoms with Crippen molar-refractivity contribution in [3.8, 4) is 5.75 Å². The van der Waals surface area contributed by atoms with Crippen LogP contribution in [0.4, 0.5) is 5.69 Å². The number of non-ortho nitro benzene ring substituents is 1. The molecule has 0 unspecified atom stereocenters. The van der Waals surface area contributed by atoms with Crippen LogP contribution in [0.25, 0.3) is 6.08 Å². The van der Waals surface area contributed by atoms with Crippen LogP contribution >= 0.6 is 11.3 Å². The average Bonchev–Trinajstić information content (AvgIpc) is 3.26. The minimum absolute atomic E-state index is 0.0936. The highest BCUT2D eigenvalue weighted by molar-refractivity contribution is 7.07. The lowest BCUT2D eigenvalue weighted by molar-refractivity contribution is -0.384. The number of hydrogen-bond acceptors (Lipinski definition) is 8. The maximum atomic E-state index is 14.0. The minimum atomic E-state index is -0.870. The van der Waals surface area contributed by atoms with E-state index >= 15 is 0 Å². The van der Waals surface area contributed by atoms with Gasteiger partial charge in [-0.2, -0.15) is 0 Å². The van der Waals surface area contributed by atoms with Gasteiger partial charge < -0.3 is 9.84 Å². The number of benzene rings is 2. The molecule has 5 aliphatic rings. The Kier molecular flexibility index (Phi) is 6.65. The summed E-state index contributed by atoms with van der Waals surface area (Å²) >= 11 is 1.19. The van der Waals surface area contributed by atoms with Crippen molar-refractivity contribution in [2.24, 2.45) is 22.7 Å². The number of ether oxygens (including phenoxy) is 1. The zero-order chi connectivity index (χ0) is 30.0. The maximum Gasteiger partial charge on any atom is 0.338 e. The highest BCUT2D eigenvalue weighted by Crippen LogP contribution is 2.60. The number of carbonyl (C=O) groups excluding carboxylic acids is 1. The third-order valence-corrected chi connectivity index (χ3v) is 10.9. The molecule has 0 amide bonds. The topological polar surface area (TPSA) is 124 Å². The average molecular weight is 600 g/mol. The van der Waals surface area contributed by atoms with Crippen LogP contribution in [0.5, 0.6) is 5.75 Å². The Labute approximate surface area is 252 Å². The van der Waals surface area contributed by atoms with Gasteiger partial charge in [0.05, 0.1) is 33.4 Å². The van der Waals surface area contributed by atoms with E-state index in [-0.39, 0.29) is 34.6 Å². The van der Waals surface area contributed by atoms with Crippen molar-refractivity contribution < 1.29 is 19.6 Å². The summed E-state index contributed by atoms with van der Waals surface area (Å²) in [5, 5.41) is 22.2. The largest absolute Gasteiger partial charge is 0.507 e. The van der Waals surface area contributed by atoms with Crippen LogP contribution in [0.3, 0.4) is 0 Å². The SMILES string of the molecule is CCOC(=O)C1=C(C)N=c2s/c(=C/c3cc(C45CC6CC(CC(C6)C4)C5)ccc3O)c(=O)n2[C@@H]1c1ccc([N+](=O)[O-])cc1. The minimum Gasteiger partial charge on any atom is -0.507 e. The molecule has 2 heterocycles. The molecule has 4 bridgehead atoms. The molecule has 4 saturated carbocycles. The number of fused-ring (bicyclic) bond motifs is 1. The van der Waals surface area contributed by atoms with Crippen LogP contribution in [0.15, 0.2) is 63.5 Å². The molecule has 0 saturated heterocycles. The van der Waals surface area contributed by atoms with E-state index in [9.17, 15) is 24.8 Å². The summed E-state index contributed by atoms with van der Waals surface area (Å²) in [7, 11) is 0. The molecule has 10 heteroatoms. The molecule has 0 spiro atoms. The highest BCUT2D eigenvalue weighted by Gasteiger charge is 2.51. The van der Waals surface area contributed by atoms with Crippen LogP contribution in [0, 0.1) is 27.9 Å². The Bertz CT molecular complexity index is 1830. The second-order valence-corrected chi connectivity index (χ2v) is 13.6. The van der Waals surface area contributed by atoms with Crippen molar-refractivity contribution in [3.63, 3.8) is 0 Å². The number of phenols is 1. The van der Waals surface area contributed by atoms with E-state index in [1.807, 2.05) is 0 Å². The molecule has 1 aliphatic heterocycles. The molecule has 222 valence electrons.